The number of aliphatic hydroxyl groups is 1. The van der Waals surface area contributed by atoms with Gasteiger partial charge in [-0.15, -0.1) is 0 Å². The third kappa shape index (κ3) is 3.21. The van der Waals surface area contributed by atoms with Gasteiger partial charge >= 0.3 is 0 Å². The summed E-state index contributed by atoms with van der Waals surface area (Å²) in [5.41, 5.74) is 0.229. The molecular formula is C9H11FO3. The third-order valence-corrected chi connectivity index (χ3v) is 1.32. The van der Waals surface area contributed by atoms with E-state index in [0.717, 1.165) is 13.2 Å². The standard InChI is InChI=1S/C8H7FO2.CH4O/c1-11-8-3-2-7(9)4-6(8)5-10;1-2/h2-5H,1H3;2H,1H3. The lowest BCUT2D eigenvalue weighted by molar-refractivity contribution is 0.112. The van der Waals surface area contributed by atoms with Crippen LogP contribution < -0.4 is 4.74 Å². The summed E-state index contributed by atoms with van der Waals surface area (Å²) in [7, 11) is 2.43. The van der Waals surface area contributed by atoms with Gasteiger partial charge in [-0.05, 0) is 18.2 Å². The first-order valence-corrected chi connectivity index (χ1v) is 3.51. The highest BCUT2D eigenvalue weighted by atomic mass is 19.1. The number of carbonyl (C=O) groups is 1. The van der Waals surface area contributed by atoms with Gasteiger partial charge in [-0.2, -0.15) is 0 Å². The summed E-state index contributed by atoms with van der Waals surface area (Å²) in [6, 6.07) is 3.79. The van der Waals surface area contributed by atoms with E-state index in [2.05, 4.69) is 0 Å². The van der Waals surface area contributed by atoms with Crippen LogP contribution in [-0.2, 0) is 0 Å². The maximum Gasteiger partial charge on any atom is 0.153 e. The molecule has 3 nitrogen and oxygen atoms in total. The Hall–Kier alpha value is -1.42. The molecular weight excluding hydrogens is 175 g/mol. The SMILES string of the molecule is CO.COc1ccc(F)cc1C=O. The minimum atomic E-state index is -0.437. The predicted molar refractivity (Wildman–Crippen MR) is 46.5 cm³/mol. The highest BCUT2D eigenvalue weighted by Gasteiger charge is 2.01. The average molecular weight is 186 g/mol. The van der Waals surface area contributed by atoms with E-state index in [1.807, 2.05) is 0 Å². The number of aliphatic hydroxyl groups excluding tert-OH is 1. The molecule has 0 aliphatic carbocycles. The van der Waals surface area contributed by atoms with Crippen molar-refractivity contribution >= 4 is 6.29 Å². The van der Waals surface area contributed by atoms with E-state index in [1.165, 1.54) is 19.2 Å². The van der Waals surface area contributed by atoms with E-state index in [0.29, 0.717) is 12.0 Å². The van der Waals surface area contributed by atoms with Gasteiger partial charge in [-0.1, -0.05) is 0 Å². The first-order chi connectivity index (χ1) is 6.27. The van der Waals surface area contributed by atoms with E-state index >= 15 is 0 Å². The highest BCUT2D eigenvalue weighted by Crippen LogP contribution is 2.16. The molecule has 1 aromatic rings. The first kappa shape index (κ1) is 11.6. The Balaban J connectivity index is 0.000000671. The molecule has 72 valence electrons. The van der Waals surface area contributed by atoms with Crippen LogP contribution in [0.2, 0.25) is 0 Å². The molecule has 0 spiro atoms. The van der Waals surface area contributed by atoms with Gasteiger partial charge < -0.3 is 9.84 Å². The van der Waals surface area contributed by atoms with Gasteiger partial charge in [-0.3, -0.25) is 4.79 Å². The van der Waals surface area contributed by atoms with E-state index in [9.17, 15) is 9.18 Å². The van der Waals surface area contributed by atoms with Gasteiger partial charge in [-0.25, -0.2) is 4.39 Å². The zero-order valence-electron chi connectivity index (χ0n) is 7.45. The van der Waals surface area contributed by atoms with Crippen LogP contribution in [0.15, 0.2) is 18.2 Å². The topological polar surface area (TPSA) is 46.5 Å². The molecule has 0 heterocycles. The maximum absolute atomic E-state index is 12.5. The monoisotopic (exact) mass is 186 g/mol. The van der Waals surface area contributed by atoms with Gasteiger partial charge in [0, 0.05) is 7.11 Å². The van der Waals surface area contributed by atoms with E-state index in [1.54, 1.807) is 0 Å². The fraction of sp³-hybridized carbons (Fsp3) is 0.222. The molecule has 0 saturated carbocycles. The fourth-order valence-electron chi connectivity index (χ4n) is 0.797. The Morgan fingerprint density at radius 1 is 1.46 bits per heavy atom. The van der Waals surface area contributed by atoms with Crippen molar-refractivity contribution in [3.05, 3.63) is 29.6 Å². The molecule has 1 aromatic carbocycles. The molecule has 4 heteroatoms. The van der Waals surface area contributed by atoms with Crippen molar-refractivity contribution in [1.82, 2.24) is 0 Å². The lowest BCUT2D eigenvalue weighted by atomic mass is 10.2. The summed E-state index contributed by atoms with van der Waals surface area (Å²) >= 11 is 0. The first-order valence-electron chi connectivity index (χ1n) is 3.51. The molecule has 1 N–H and O–H groups in total. The number of aldehydes is 1. The highest BCUT2D eigenvalue weighted by molar-refractivity contribution is 5.79. The van der Waals surface area contributed by atoms with E-state index in [-0.39, 0.29) is 5.56 Å². The van der Waals surface area contributed by atoms with E-state index in [4.69, 9.17) is 9.84 Å². The number of carbonyl (C=O) groups excluding carboxylic acids is 1. The minimum absolute atomic E-state index is 0.229. The number of hydrogen-bond donors (Lipinski definition) is 1. The van der Waals surface area contributed by atoms with Gasteiger partial charge in [0.05, 0.1) is 12.7 Å². The summed E-state index contributed by atoms with van der Waals surface area (Å²) in [6.07, 6.45) is 0.557. The number of benzene rings is 1. The molecule has 0 saturated heterocycles. The van der Waals surface area contributed by atoms with Crippen molar-refractivity contribution in [3.63, 3.8) is 0 Å². The molecule has 0 bridgehead atoms. The van der Waals surface area contributed by atoms with E-state index < -0.39 is 5.82 Å². The molecule has 0 fully saturated rings. The minimum Gasteiger partial charge on any atom is -0.496 e. The number of methoxy groups -OCH3 is 1. The molecule has 13 heavy (non-hydrogen) atoms. The van der Waals surface area contributed by atoms with Crippen LogP contribution in [0.5, 0.6) is 5.75 Å². The third-order valence-electron chi connectivity index (χ3n) is 1.32. The lowest BCUT2D eigenvalue weighted by Crippen LogP contribution is -1.90. The Morgan fingerprint density at radius 2 is 2.08 bits per heavy atom. The van der Waals surface area contributed by atoms with Crippen molar-refractivity contribution in [3.8, 4) is 5.75 Å². The summed E-state index contributed by atoms with van der Waals surface area (Å²) in [5, 5.41) is 7.00. The molecule has 0 radical (unpaired) electrons. The Morgan fingerprint density at radius 3 is 2.54 bits per heavy atom. The van der Waals surface area contributed by atoms with Crippen molar-refractivity contribution < 1.29 is 19.0 Å². The quantitative estimate of drug-likeness (QED) is 0.707. The summed E-state index contributed by atoms with van der Waals surface area (Å²) < 4.78 is 17.2. The predicted octanol–water partition coefficient (Wildman–Crippen LogP) is 1.26. The van der Waals surface area contributed by atoms with Gasteiger partial charge in [0.25, 0.3) is 0 Å². The van der Waals surface area contributed by atoms with Crippen molar-refractivity contribution in [2.75, 3.05) is 14.2 Å². The lowest BCUT2D eigenvalue weighted by Gasteiger charge is -2.01. The van der Waals surface area contributed by atoms with Gasteiger partial charge in [0.15, 0.2) is 6.29 Å². The van der Waals surface area contributed by atoms with Crippen molar-refractivity contribution in [2.45, 2.75) is 0 Å². The molecule has 0 unspecified atom stereocenters. The van der Waals surface area contributed by atoms with Crippen molar-refractivity contribution in [1.29, 1.82) is 0 Å². The average Bonchev–Trinajstić information content (AvgIpc) is 2.20. The largest absolute Gasteiger partial charge is 0.496 e. The normalized spacial score (nSPS) is 8.31. The summed E-state index contributed by atoms with van der Waals surface area (Å²) in [6.45, 7) is 0. The van der Waals surface area contributed by atoms with Crippen LogP contribution in [0.3, 0.4) is 0 Å². The van der Waals surface area contributed by atoms with Crippen LogP contribution >= 0.6 is 0 Å². The Bertz CT molecular complexity index is 274. The molecule has 0 aromatic heterocycles. The summed E-state index contributed by atoms with van der Waals surface area (Å²) in [5.74, 6) is -0.0469. The second-order valence-corrected chi connectivity index (χ2v) is 2.00. The number of rotatable bonds is 2. The Kier molecular flexibility index (Phi) is 5.47. The Labute approximate surface area is 75.8 Å². The fourth-order valence-corrected chi connectivity index (χ4v) is 0.797. The van der Waals surface area contributed by atoms with Crippen LogP contribution in [0.1, 0.15) is 10.4 Å². The molecule has 0 atom stereocenters. The van der Waals surface area contributed by atoms with Crippen LogP contribution in [0, 0.1) is 5.82 Å². The number of ether oxygens (including phenoxy) is 1. The molecule has 1 rings (SSSR count). The van der Waals surface area contributed by atoms with Gasteiger partial charge in [0.2, 0.25) is 0 Å². The van der Waals surface area contributed by atoms with Gasteiger partial charge in [0.1, 0.15) is 11.6 Å². The zero-order chi connectivity index (χ0) is 10.3. The van der Waals surface area contributed by atoms with Crippen LogP contribution in [0.25, 0.3) is 0 Å². The second-order valence-electron chi connectivity index (χ2n) is 2.00. The second kappa shape index (κ2) is 6.14. The smallest absolute Gasteiger partial charge is 0.153 e. The van der Waals surface area contributed by atoms with Crippen molar-refractivity contribution in [2.24, 2.45) is 0 Å². The molecule has 0 aliphatic rings. The number of hydrogen-bond acceptors (Lipinski definition) is 3. The van der Waals surface area contributed by atoms with Crippen LogP contribution in [-0.4, -0.2) is 25.6 Å². The zero-order valence-corrected chi connectivity index (χ0v) is 7.45. The molecule has 0 amide bonds. The molecule has 0 aliphatic heterocycles. The maximum atomic E-state index is 12.5. The van der Waals surface area contributed by atoms with Crippen LogP contribution in [0.4, 0.5) is 4.39 Å². The summed E-state index contributed by atoms with van der Waals surface area (Å²) in [4.78, 5) is 10.3. The number of halogens is 1.